The number of hydrogen-bond acceptors (Lipinski definition) is 2. The maximum absolute atomic E-state index is 11.6. The molecule has 0 unspecified atom stereocenters. The first-order valence-corrected chi connectivity index (χ1v) is 6.86. The van der Waals surface area contributed by atoms with Crippen molar-refractivity contribution < 1.29 is 14.7 Å². The number of rotatable bonds is 6. The zero-order valence-corrected chi connectivity index (χ0v) is 12.6. The van der Waals surface area contributed by atoms with Crippen molar-refractivity contribution in [2.75, 3.05) is 6.54 Å². The average molecular weight is 287 g/mol. The van der Waals surface area contributed by atoms with E-state index in [9.17, 15) is 9.59 Å². The number of amides is 1. The lowest BCUT2D eigenvalue weighted by Gasteiger charge is -2.10. The van der Waals surface area contributed by atoms with Crippen LogP contribution in [0.2, 0.25) is 0 Å². The summed E-state index contributed by atoms with van der Waals surface area (Å²) in [5.41, 5.74) is 3.55. The highest BCUT2D eigenvalue weighted by Crippen LogP contribution is 2.21. The summed E-state index contributed by atoms with van der Waals surface area (Å²) in [7, 11) is 0. The summed E-state index contributed by atoms with van der Waals surface area (Å²) in [4.78, 5) is 22.2. The minimum atomic E-state index is -1.08. The minimum Gasteiger partial charge on any atom is -0.478 e. The Bertz CT molecular complexity index is 585. The van der Waals surface area contributed by atoms with Crippen molar-refractivity contribution in [3.63, 3.8) is 0 Å². The van der Waals surface area contributed by atoms with E-state index in [1.165, 1.54) is 18.1 Å². The van der Waals surface area contributed by atoms with Crippen molar-refractivity contribution in [2.24, 2.45) is 0 Å². The van der Waals surface area contributed by atoms with E-state index in [0.717, 1.165) is 11.6 Å². The molecule has 0 aliphatic rings. The standard InChI is InChI=1S/C17H21NO3/c1-4-14(15-8-6-5-7-12(15)2)9-10-18-16(19)11-13(3)17(20)21/h4-8,11H,9-10H2,1-3H3,(H,18,19)(H,20,21)/b13-11+,14-4-. The highest BCUT2D eigenvalue weighted by atomic mass is 16.4. The van der Waals surface area contributed by atoms with Crippen molar-refractivity contribution in [2.45, 2.75) is 27.2 Å². The van der Waals surface area contributed by atoms with E-state index in [4.69, 9.17) is 5.11 Å². The van der Waals surface area contributed by atoms with Gasteiger partial charge in [0.1, 0.15) is 0 Å². The lowest BCUT2D eigenvalue weighted by atomic mass is 9.98. The van der Waals surface area contributed by atoms with Gasteiger partial charge in [-0.25, -0.2) is 4.79 Å². The summed E-state index contributed by atoms with van der Waals surface area (Å²) in [6.45, 7) is 5.89. The number of carboxylic acid groups (broad SMARTS) is 1. The van der Waals surface area contributed by atoms with Gasteiger partial charge >= 0.3 is 5.97 Å². The maximum Gasteiger partial charge on any atom is 0.331 e. The molecule has 0 heterocycles. The second-order valence-electron chi connectivity index (χ2n) is 4.80. The Kier molecular flexibility index (Phi) is 6.40. The van der Waals surface area contributed by atoms with Gasteiger partial charge in [-0.2, -0.15) is 0 Å². The number of carboxylic acids is 1. The third-order valence-corrected chi connectivity index (χ3v) is 3.22. The maximum atomic E-state index is 11.6. The topological polar surface area (TPSA) is 66.4 Å². The number of allylic oxidation sites excluding steroid dienone is 1. The predicted molar refractivity (Wildman–Crippen MR) is 83.8 cm³/mol. The fourth-order valence-corrected chi connectivity index (χ4v) is 2.00. The first kappa shape index (κ1) is 16.7. The summed E-state index contributed by atoms with van der Waals surface area (Å²) >= 11 is 0. The first-order chi connectivity index (χ1) is 9.95. The zero-order chi connectivity index (χ0) is 15.8. The molecule has 0 atom stereocenters. The average Bonchev–Trinajstić information content (AvgIpc) is 2.44. The fraction of sp³-hybridized carbons (Fsp3) is 0.294. The normalized spacial score (nSPS) is 12.1. The molecule has 0 saturated carbocycles. The van der Waals surface area contributed by atoms with Crippen LogP contribution in [0.4, 0.5) is 0 Å². The molecule has 0 bridgehead atoms. The van der Waals surface area contributed by atoms with Crippen molar-refractivity contribution in [3.05, 3.63) is 53.1 Å². The SMILES string of the molecule is C/C=C(/CCNC(=O)/C=C(\C)C(=O)O)c1ccccc1C. The summed E-state index contributed by atoms with van der Waals surface area (Å²) in [5, 5.41) is 11.4. The highest BCUT2D eigenvalue weighted by molar-refractivity contribution is 5.97. The molecule has 2 N–H and O–H groups in total. The first-order valence-electron chi connectivity index (χ1n) is 6.86. The molecule has 0 aliphatic carbocycles. The second-order valence-corrected chi connectivity index (χ2v) is 4.80. The molecule has 21 heavy (non-hydrogen) atoms. The van der Waals surface area contributed by atoms with Gasteiger partial charge in [-0.3, -0.25) is 4.79 Å². The molecule has 0 radical (unpaired) electrons. The molecule has 1 amide bonds. The predicted octanol–water partition coefficient (Wildman–Crippen LogP) is 2.94. The van der Waals surface area contributed by atoms with E-state index in [1.54, 1.807) is 0 Å². The van der Waals surface area contributed by atoms with Gasteiger partial charge in [-0.05, 0) is 43.9 Å². The number of aryl methyl sites for hydroxylation is 1. The monoisotopic (exact) mass is 287 g/mol. The van der Waals surface area contributed by atoms with Crippen LogP contribution in [0.3, 0.4) is 0 Å². The van der Waals surface area contributed by atoms with Gasteiger partial charge in [0.05, 0.1) is 0 Å². The van der Waals surface area contributed by atoms with Crippen LogP contribution < -0.4 is 5.32 Å². The van der Waals surface area contributed by atoms with Crippen molar-refractivity contribution in [3.8, 4) is 0 Å². The van der Waals surface area contributed by atoms with Gasteiger partial charge in [0.25, 0.3) is 0 Å². The summed E-state index contributed by atoms with van der Waals surface area (Å²) in [6, 6.07) is 8.09. The van der Waals surface area contributed by atoms with Crippen LogP contribution in [-0.2, 0) is 9.59 Å². The molecule has 0 saturated heterocycles. The van der Waals surface area contributed by atoms with Crippen LogP contribution in [0.5, 0.6) is 0 Å². The Balaban J connectivity index is 2.59. The molecular formula is C17H21NO3. The number of nitrogens with one attached hydrogen (secondary N) is 1. The van der Waals surface area contributed by atoms with Gasteiger partial charge in [-0.1, -0.05) is 30.3 Å². The molecular weight excluding hydrogens is 266 g/mol. The Morgan fingerprint density at radius 3 is 2.52 bits per heavy atom. The molecule has 1 rings (SSSR count). The Hall–Kier alpha value is -2.36. The lowest BCUT2D eigenvalue weighted by molar-refractivity contribution is -0.133. The zero-order valence-electron chi connectivity index (χ0n) is 12.6. The Morgan fingerprint density at radius 1 is 1.29 bits per heavy atom. The van der Waals surface area contributed by atoms with Gasteiger partial charge < -0.3 is 10.4 Å². The number of benzene rings is 1. The number of hydrogen-bond donors (Lipinski definition) is 2. The Morgan fingerprint density at radius 2 is 1.95 bits per heavy atom. The molecule has 1 aromatic rings. The van der Waals surface area contributed by atoms with E-state index in [0.29, 0.717) is 13.0 Å². The fourth-order valence-electron chi connectivity index (χ4n) is 2.00. The number of aliphatic carboxylic acids is 1. The highest BCUT2D eigenvalue weighted by Gasteiger charge is 2.06. The van der Waals surface area contributed by atoms with Crippen LogP contribution in [-0.4, -0.2) is 23.5 Å². The van der Waals surface area contributed by atoms with Crippen LogP contribution in [0, 0.1) is 6.92 Å². The van der Waals surface area contributed by atoms with Crippen LogP contribution >= 0.6 is 0 Å². The third kappa shape index (κ3) is 5.26. The van der Waals surface area contributed by atoms with Gasteiger partial charge in [-0.15, -0.1) is 0 Å². The molecule has 112 valence electrons. The molecule has 0 spiro atoms. The van der Waals surface area contributed by atoms with E-state index < -0.39 is 5.97 Å². The van der Waals surface area contributed by atoms with E-state index in [-0.39, 0.29) is 11.5 Å². The molecule has 0 aliphatic heterocycles. The van der Waals surface area contributed by atoms with Crippen LogP contribution in [0.15, 0.2) is 42.0 Å². The van der Waals surface area contributed by atoms with E-state index in [1.807, 2.05) is 25.1 Å². The van der Waals surface area contributed by atoms with Crippen LogP contribution in [0.25, 0.3) is 5.57 Å². The number of carbonyl (C=O) groups is 2. The molecule has 1 aromatic carbocycles. The van der Waals surface area contributed by atoms with Gasteiger partial charge in [0, 0.05) is 18.2 Å². The number of carbonyl (C=O) groups excluding carboxylic acids is 1. The van der Waals surface area contributed by atoms with Crippen molar-refractivity contribution in [1.82, 2.24) is 5.32 Å². The molecule has 0 aromatic heterocycles. The quantitative estimate of drug-likeness (QED) is 0.791. The van der Waals surface area contributed by atoms with Crippen LogP contribution in [0.1, 0.15) is 31.4 Å². The van der Waals surface area contributed by atoms with E-state index >= 15 is 0 Å². The molecule has 4 heteroatoms. The Labute approximate surface area is 125 Å². The minimum absolute atomic E-state index is 0.0256. The second kappa shape index (κ2) is 8.04. The smallest absolute Gasteiger partial charge is 0.331 e. The van der Waals surface area contributed by atoms with E-state index in [2.05, 4.69) is 24.4 Å². The van der Waals surface area contributed by atoms with Gasteiger partial charge in [0.15, 0.2) is 0 Å². The lowest BCUT2D eigenvalue weighted by Crippen LogP contribution is -2.23. The molecule has 4 nitrogen and oxygen atoms in total. The summed E-state index contributed by atoms with van der Waals surface area (Å²) < 4.78 is 0. The summed E-state index contributed by atoms with van der Waals surface area (Å²) in [6.07, 6.45) is 3.84. The van der Waals surface area contributed by atoms with Crippen molar-refractivity contribution in [1.29, 1.82) is 0 Å². The summed E-state index contributed by atoms with van der Waals surface area (Å²) in [5.74, 6) is -1.46. The van der Waals surface area contributed by atoms with Gasteiger partial charge in [0.2, 0.25) is 5.91 Å². The largest absolute Gasteiger partial charge is 0.478 e. The van der Waals surface area contributed by atoms with Crippen molar-refractivity contribution >= 4 is 17.4 Å². The third-order valence-electron chi connectivity index (χ3n) is 3.22. The molecule has 0 fully saturated rings.